The molecule has 112 valence electrons. The second kappa shape index (κ2) is 5.78. The fourth-order valence-corrected chi connectivity index (χ4v) is 2.37. The molecule has 0 bridgehead atoms. The minimum atomic E-state index is -0.624. The van der Waals surface area contributed by atoms with Gasteiger partial charge in [0.2, 0.25) is 11.8 Å². The summed E-state index contributed by atoms with van der Waals surface area (Å²) in [6.07, 6.45) is 0.454. The number of non-ortho nitro benzene ring substituents is 1. The standard InChI is InChI=1S/C13H16N4O4/c1-2-11(13(14)19)16-8-15(7-12(16)18)9-3-5-10(6-4-9)17(20)21/h3-6,11H,2,7-8H2,1H3,(H2,14,19)/t11-/m0/s1. The van der Waals surface area contributed by atoms with Gasteiger partial charge in [0.1, 0.15) is 6.04 Å². The number of benzene rings is 1. The van der Waals surface area contributed by atoms with E-state index in [0.29, 0.717) is 12.1 Å². The van der Waals surface area contributed by atoms with Gasteiger partial charge in [0.25, 0.3) is 5.69 Å². The van der Waals surface area contributed by atoms with E-state index in [1.807, 2.05) is 0 Å². The highest BCUT2D eigenvalue weighted by Gasteiger charge is 2.34. The second-order valence-corrected chi connectivity index (χ2v) is 4.80. The third-order valence-corrected chi connectivity index (χ3v) is 3.49. The maximum atomic E-state index is 12.0. The molecule has 1 aliphatic heterocycles. The van der Waals surface area contributed by atoms with E-state index in [4.69, 9.17) is 5.73 Å². The van der Waals surface area contributed by atoms with Crippen molar-refractivity contribution in [1.82, 2.24) is 4.90 Å². The molecule has 1 fully saturated rings. The van der Waals surface area contributed by atoms with Gasteiger partial charge in [-0.3, -0.25) is 19.7 Å². The largest absolute Gasteiger partial charge is 0.368 e. The number of nitro benzene ring substituents is 1. The zero-order chi connectivity index (χ0) is 15.6. The summed E-state index contributed by atoms with van der Waals surface area (Å²) in [4.78, 5) is 36.7. The van der Waals surface area contributed by atoms with Gasteiger partial charge in [0.15, 0.2) is 0 Å². The Morgan fingerprint density at radius 2 is 2.05 bits per heavy atom. The van der Waals surface area contributed by atoms with E-state index in [-0.39, 0.29) is 24.8 Å². The molecule has 8 nitrogen and oxygen atoms in total. The monoisotopic (exact) mass is 292 g/mol. The van der Waals surface area contributed by atoms with Crippen LogP contribution in [0.3, 0.4) is 0 Å². The topological polar surface area (TPSA) is 110 Å². The van der Waals surface area contributed by atoms with Gasteiger partial charge < -0.3 is 15.5 Å². The Bertz CT molecular complexity index is 572. The minimum Gasteiger partial charge on any atom is -0.368 e. The van der Waals surface area contributed by atoms with Crippen LogP contribution in [0.4, 0.5) is 11.4 Å². The first-order valence-electron chi connectivity index (χ1n) is 6.52. The molecule has 0 spiro atoms. The van der Waals surface area contributed by atoms with Crippen LogP contribution < -0.4 is 10.6 Å². The summed E-state index contributed by atoms with van der Waals surface area (Å²) in [6.45, 7) is 2.16. The Kier molecular flexibility index (Phi) is 4.06. The van der Waals surface area contributed by atoms with Gasteiger partial charge in [-0.2, -0.15) is 0 Å². The second-order valence-electron chi connectivity index (χ2n) is 4.80. The number of amides is 2. The molecule has 0 saturated carbocycles. The molecular weight excluding hydrogens is 276 g/mol. The summed E-state index contributed by atoms with van der Waals surface area (Å²) in [6, 6.07) is 5.31. The van der Waals surface area contributed by atoms with Crippen LogP contribution in [0.15, 0.2) is 24.3 Å². The van der Waals surface area contributed by atoms with Crippen molar-refractivity contribution < 1.29 is 14.5 Å². The molecule has 0 unspecified atom stereocenters. The van der Waals surface area contributed by atoms with Gasteiger partial charge >= 0.3 is 0 Å². The first-order valence-corrected chi connectivity index (χ1v) is 6.52. The number of carbonyl (C=O) groups excluding carboxylic acids is 2. The normalized spacial score (nSPS) is 16.1. The average Bonchev–Trinajstić information content (AvgIpc) is 2.81. The summed E-state index contributed by atoms with van der Waals surface area (Å²) in [5, 5.41) is 10.6. The highest BCUT2D eigenvalue weighted by Crippen LogP contribution is 2.23. The summed E-state index contributed by atoms with van der Waals surface area (Å²) < 4.78 is 0. The van der Waals surface area contributed by atoms with Gasteiger partial charge in [-0.05, 0) is 18.6 Å². The number of carbonyl (C=O) groups is 2. The molecule has 8 heteroatoms. The van der Waals surface area contributed by atoms with E-state index in [1.165, 1.54) is 17.0 Å². The van der Waals surface area contributed by atoms with E-state index in [2.05, 4.69) is 0 Å². The number of anilines is 1. The van der Waals surface area contributed by atoms with Crippen molar-refractivity contribution in [2.45, 2.75) is 19.4 Å². The Labute approximate surface area is 121 Å². The minimum absolute atomic E-state index is 0.00954. The van der Waals surface area contributed by atoms with Crippen LogP contribution in [0.2, 0.25) is 0 Å². The number of nitro groups is 1. The first kappa shape index (κ1) is 14.8. The molecule has 21 heavy (non-hydrogen) atoms. The van der Waals surface area contributed by atoms with Gasteiger partial charge in [-0.1, -0.05) is 6.92 Å². The quantitative estimate of drug-likeness (QED) is 0.626. The van der Waals surface area contributed by atoms with Gasteiger partial charge in [-0.25, -0.2) is 0 Å². The van der Waals surface area contributed by atoms with Crippen LogP contribution in [0.1, 0.15) is 13.3 Å². The molecule has 1 aromatic carbocycles. The third-order valence-electron chi connectivity index (χ3n) is 3.49. The molecule has 1 heterocycles. The van der Waals surface area contributed by atoms with E-state index in [1.54, 1.807) is 24.0 Å². The molecule has 1 atom stereocenters. The first-order chi connectivity index (χ1) is 9.93. The van der Waals surface area contributed by atoms with Crippen LogP contribution >= 0.6 is 0 Å². The van der Waals surface area contributed by atoms with Crippen molar-refractivity contribution >= 4 is 23.2 Å². The molecule has 1 aromatic rings. The van der Waals surface area contributed by atoms with Crippen LogP contribution in [-0.2, 0) is 9.59 Å². The summed E-state index contributed by atoms with van der Waals surface area (Å²) in [5.74, 6) is -0.713. The van der Waals surface area contributed by atoms with E-state index in [0.717, 1.165) is 0 Å². The molecule has 2 rings (SSSR count). The van der Waals surface area contributed by atoms with Crippen LogP contribution in [0.5, 0.6) is 0 Å². The number of hydrogen-bond donors (Lipinski definition) is 1. The van der Waals surface area contributed by atoms with Crippen LogP contribution in [0.25, 0.3) is 0 Å². The van der Waals surface area contributed by atoms with Gasteiger partial charge in [-0.15, -0.1) is 0 Å². The van der Waals surface area contributed by atoms with Gasteiger partial charge in [0, 0.05) is 17.8 Å². The molecule has 2 amide bonds. The van der Waals surface area contributed by atoms with E-state index < -0.39 is 16.9 Å². The molecule has 0 radical (unpaired) electrons. The lowest BCUT2D eigenvalue weighted by Gasteiger charge is -2.25. The molecule has 1 aliphatic rings. The summed E-state index contributed by atoms with van der Waals surface area (Å²) in [5.41, 5.74) is 5.98. The van der Waals surface area contributed by atoms with Crippen LogP contribution in [0, 0.1) is 10.1 Å². The summed E-state index contributed by atoms with van der Waals surface area (Å²) in [7, 11) is 0. The Morgan fingerprint density at radius 1 is 1.43 bits per heavy atom. The molecule has 0 aromatic heterocycles. The van der Waals surface area contributed by atoms with Crippen molar-refractivity contribution in [3.63, 3.8) is 0 Å². The molecule has 2 N–H and O–H groups in total. The Morgan fingerprint density at radius 3 is 2.52 bits per heavy atom. The molecule has 1 saturated heterocycles. The number of rotatable bonds is 5. The molecule has 0 aliphatic carbocycles. The van der Waals surface area contributed by atoms with E-state index in [9.17, 15) is 19.7 Å². The van der Waals surface area contributed by atoms with E-state index >= 15 is 0 Å². The lowest BCUT2D eigenvalue weighted by molar-refractivity contribution is -0.384. The molecular formula is C13H16N4O4. The number of primary amides is 1. The lowest BCUT2D eigenvalue weighted by Crippen LogP contribution is -2.45. The zero-order valence-corrected chi connectivity index (χ0v) is 11.6. The zero-order valence-electron chi connectivity index (χ0n) is 11.6. The van der Waals surface area contributed by atoms with Gasteiger partial charge in [0.05, 0.1) is 18.1 Å². The highest BCUT2D eigenvalue weighted by molar-refractivity contribution is 5.91. The van der Waals surface area contributed by atoms with Crippen molar-refractivity contribution in [2.24, 2.45) is 5.73 Å². The van der Waals surface area contributed by atoms with Crippen LogP contribution in [-0.4, -0.2) is 40.9 Å². The number of nitrogens with zero attached hydrogens (tertiary/aromatic N) is 3. The van der Waals surface area contributed by atoms with Crippen molar-refractivity contribution in [1.29, 1.82) is 0 Å². The fraction of sp³-hybridized carbons (Fsp3) is 0.385. The number of hydrogen-bond acceptors (Lipinski definition) is 5. The summed E-state index contributed by atoms with van der Waals surface area (Å²) >= 11 is 0. The smallest absolute Gasteiger partial charge is 0.269 e. The van der Waals surface area contributed by atoms with Crippen molar-refractivity contribution in [3.8, 4) is 0 Å². The maximum absolute atomic E-state index is 12.0. The fourth-order valence-electron chi connectivity index (χ4n) is 2.37. The Balaban J connectivity index is 2.15. The SMILES string of the molecule is CC[C@@H](C(N)=O)N1CN(c2ccc([N+](=O)[O-])cc2)CC1=O. The lowest BCUT2D eigenvalue weighted by atomic mass is 10.2. The van der Waals surface area contributed by atoms with Crippen molar-refractivity contribution in [2.75, 3.05) is 18.1 Å². The average molecular weight is 292 g/mol. The third kappa shape index (κ3) is 2.93. The number of nitrogens with two attached hydrogens (primary N) is 1. The Hall–Kier alpha value is -2.64. The van der Waals surface area contributed by atoms with Crippen molar-refractivity contribution in [3.05, 3.63) is 34.4 Å². The predicted molar refractivity (Wildman–Crippen MR) is 75.4 cm³/mol. The maximum Gasteiger partial charge on any atom is 0.269 e. The highest BCUT2D eigenvalue weighted by atomic mass is 16.6. The predicted octanol–water partition coefficient (Wildman–Crippen LogP) is 0.465.